The molecule has 2 aromatic rings. The molecule has 2 rings (SSSR count). The fourth-order valence-electron chi connectivity index (χ4n) is 1.48. The number of aromatic amines is 1. The number of nitrogens with zero attached hydrogens (tertiary/aromatic N) is 1. The van der Waals surface area contributed by atoms with Crippen LogP contribution in [0, 0.1) is 0 Å². The van der Waals surface area contributed by atoms with E-state index in [9.17, 15) is 9.46 Å². The summed E-state index contributed by atoms with van der Waals surface area (Å²) >= 11 is 0. The Morgan fingerprint density at radius 2 is 1.85 bits per heavy atom. The van der Waals surface area contributed by atoms with Gasteiger partial charge in [-0.2, -0.15) is 0 Å². The van der Waals surface area contributed by atoms with Gasteiger partial charge >= 0.3 is 0 Å². The van der Waals surface area contributed by atoms with Crippen LogP contribution in [0.25, 0.3) is 0 Å². The lowest BCUT2D eigenvalue weighted by molar-refractivity contribution is -0.677. The first-order valence-corrected chi connectivity index (χ1v) is 7.43. The second-order valence-electron chi connectivity index (χ2n) is 3.99. The lowest BCUT2D eigenvalue weighted by atomic mass is 10.1. The van der Waals surface area contributed by atoms with Crippen molar-refractivity contribution in [1.29, 1.82) is 0 Å². The van der Waals surface area contributed by atoms with Crippen LogP contribution < -0.4 is 9.46 Å². The molecular formula is C13H19N2O4P. The van der Waals surface area contributed by atoms with Crippen molar-refractivity contribution in [1.82, 2.24) is 4.98 Å². The average Bonchev–Trinajstić information content (AvgIpc) is 2.86. The van der Waals surface area contributed by atoms with Crippen LogP contribution in [0.2, 0.25) is 0 Å². The molecule has 0 atom stereocenters. The minimum atomic E-state index is -3.90. The highest BCUT2D eigenvalue weighted by Crippen LogP contribution is 2.34. The fraction of sp³-hybridized carbons (Fsp3) is 0.308. The second kappa shape index (κ2) is 7.97. The van der Waals surface area contributed by atoms with E-state index in [0.717, 1.165) is 20.6 Å². The van der Waals surface area contributed by atoms with Crippen molar-refractivity contribution in [3.63, 3.8) is 0 Å². The summed E-state index contributed by atoms with van der Waals surface area (Å²) in [5.41, 5.74) is 1.33. The third kappa shape index (κ3) is 5.67. The van der Waals surface area contributed by atoms with Crippen LogP contribution in [-0.4, -0.2) is 19.2 Å². The van der Waals surface area contributed by atoms with Crippen LogP contribution in [0.15, 0.2) is 42.7 Å². The molecule has 0 radical (unpaired) electrons. The first-order chi connectivity index (χ1) is 9.48. The number of nitrogens with one attached hydrogen (secondary N) is 1. The average molecular weight is 298 g/mol. The van der Waals surface area contributed by atoms with Gasteiger partial charge in [0.2, 0.25) is 0 Å². The van der Waals surface area contributed by atoms with Gasteiger partial charge in [0.25, 0.3) is 13.6 Å². The van der Waals surface area contributed by atoms with E-state index in [-0.39, 0.29) is 0 Å². The van der Waals surface area contributed by atoms with E-state index in [4.69, 9.17) is 0 Å². The summed E-state index contributed by atoms with van der Waals surface area (Å²) in [4.78, 5) is 13.2. The summed E-state index contributed by atoms with van der Waals surface area (Å²) in [6.45, 7) is 0. The van der Waals surface area contributed by atoms with Crippen LogP contribution in [0.1, 0.15) is 11.4 Å². The van der Waals surface area contributed by atoms with Gasteiger partial charge in [-0.15, -0.1) is 0 Å². The minimum Gasteiger partial charge on any atom is -0.756 e. The Kier molecular flexibility index (Phi) is 6.61. The molecule has 1 aromatic carbocycles. The number of aryl methyl sites for hydroxylation is 1. The Morgan fingerprint density at radius 1 is 1.25 bits per heavy atom. The van der Waals surface area contributed by atoms with Crippen LogP contribution in [0.3, 0.4) is 0 Å². The van der Waals surface area contributed by atoms with Crippen LogP contribution >= 0.6 is 7.82 Å². The summed E-state index contributed by atoms with van der Waals surface area (Å²) in [5.74, 6) is 1.23. The topological polar surface area (TPSA) is 78.3 Å². The molecule has 0 fully saturated rings. The van der Waals surface area contributed by atoms with Crippen molar-refractivity contribution < 1.29 is 23.1 Å². The van der Waals surface area contributed by atoms with E-state index >= 15 is 0 Å². The normalized spacial score (nSPS) is 10.8. The summed E-state index contributed by atoms with van der Waals surface area (Å²) in [6.07, 6.45) is 4.95. The maximum atomic E-state index is 9.95. The number of hydrogen-bond donors (Lipinski definition) is 1. The van der Waals surface area contributed by atoms with Crippen molar-refractivity contribution in [3.05, 3.63) is 54.1 Å². The molecule has 1 heterocycles. The number of imidazole rings is 1. The van der Waals surface area contributed by atoms with Gasteiger partial charge in [-0.1, -0.05) is 30.3 Å². The van der Waals surface area contributed by atoms with Gasteiger partial charge in [0.05, 0.1) is 13.5 Å². The lowest BCUT2D eigenvalue weighted by Crippen LogP contribution is -2.30. The predicted molar refractivity (Wildman–Crippen MR) is 72.8 cm³/mol. The van der Waals surface area contributed by atoms with E-state index in [1.54, 1.807) is 0 Å². The molecule has 7 heteroatoms. The summed E-state index contributed by atoms with van der Waals surface area (Å²) < 4.78 is 19.8. The zero-order chi connectivity index (χ0) is 15.0. The molecule has 0 amide bonds. The number of benzene rings is 1. The molecule has 0 aliphatic carbocycles. The standard InChI is InChI=1S/C11H12N2.C2H7O4P/c1-13-8-7-12-11(13)9-10-5-3-2-4-6-10;1-5-7(3,4)6-2/h2-8H,9H2,1H3;1-2H3,(H,3,4). The molecule has 0 saturated carbocycles. The van der Waals surface area contributed by atoms with Crippen LogP contribution in [0.4, 0.5) is 0 Å². The lowest BCUT2D eigenvalue weighted by Gasteiger charge is -2.16. The highest BCUT2D eigenvalue weighted by atomic mass is 31.2. The molecule has 6 nitrogen and oxygen atoms in total. The Labute approximate surface area is 118 Å². The summed E-state index contributed by atoms with van der Waals surface area (Å²) in [6, 6.07) is 10.5. The molecule has 0 aliphatic rings. The molecule has 0 unspecified atom stereocenters. The van der Waals surface area contributed by atoms with Gasteiger partial charge in [0.15, 0.2) is 0 Å². The smallest absolute Gasteiger partial charge is 0.267 e. The third-order valence-corrected chi connectivity index (χ3v) is 3.53. The Hall–Kier alpha value is -1.46. The fourth-order valence-corrected chi connectivity index (χ4v) is 1.63. The van der Waals surface area contributed by atoms with E-state index in [1.807, 2.05) is 18.5 Å². The Bertz CT molecular complexity index is 549. The number of hydrogen-bond acceptors (Lipinski definition) is 4. The van der Waals surface area contributed by atoms with Crippen LogP contribution in [-0.2, 0) is 27.1 Å². The molecule has 0 bridgehead atoms. The zero-order valence-electron chi connectivity index (χ0n) is 11.8. The van der Waals surface area contributed by atoms with Gasteiger partial charge < -0.3 is 13.9 Å². The van der Waals surface area contributed by atoms with Crippen LogP contribution in [0.5, 0.6) is 0 Å². The van der Waals surface area contributed by atoms with Crippen molar-refractivity contribution in [2.45, 2.75) is 6.42 Å². The van der Waals surface area contributed by atoms with E-state index in [0.29, 0.717) is 0 Å². The zero-order valence-corrected chi connectivity index (χ0v) is 12.7. The molecule has 20 heavy (non-hydrogen) atoms. The predicted octanol–water partition coefficient (Wildman–Crippen LogP) is 1.18. The molecule has 0 aliphatic heterocycles. The molecule has 1 N–H and O–H groups in total. The SMILES string of the molecule is COP(=O)([O-])OC.C[n+]1cc[nH]c1Cc1ccccc1. The quantitative estimate of drug-likeness (QED) is 0.679. The number of aromatic nitrogens is 2. The van der Waals surface area contributed by atoms with Gasteiger partial charge in [0.1, 0.15) is 12.4 Å². The molecule has 1 aromatic heterocycles. The maximum Gasteiger partial charge on any atom is 0.267 e. The molecular weight excluding hydrogens is 279 g/mol. The monoisotopic (exact) mass is 298 g/mol. The molecule has 0 spiro atoms. The first kappa shape index (κ1) is 16.6. The van der Waals surface area contributed by atoms with Crippen molar-refractivity contribution >= 4 is 7.82 Å². The van der Waals surface area contributed by atoms with Crippen molar-refractivity contribution in [3.8, 4) is 0 Å². The third-order valence-electron chi connectivity index (χ3n) is 2.64. The van der Waals surface area contributed by atoms with Crippen molar-refractivity contribution in [2.24, 2.45) is 7.05 Å². The molecule has 110 valence electrons. The maximum absolute atomic E-state index is 9.95. The summed E-state index contributed by atoms with van der Waals surface area (Å²) in [5, 5.41) is 0. The van der Waals surface area contributed by atoms with Gasteiger partial charge in [-0.05, 0) is 5.56 Å². The second-order valence-corrected chi connectivity index (χ2v) is 5.62. The summed E-state index contributed by atoms with van der Waals surface area (Å²) in [7, 11) is 0.224. The van der Waals surface area contributed by atoms with Gasteiger partial charge in [-0.25, -0.2) is 9.55 Å². The molecule has 0 saturated heterocycles. The highest BCUT2D eigenvalue weighted by Gasteiger charge is 2.06. The number of phosphoric ester groups is 1. The number of H-pyrrole nitrogens is 1. The largest absolute Gasteiger partial charge is 0.756 e. The van der Waals surface area contributed by atoms with E-state index in [1.165, 1.54) is 11.4 Å². The van der Waals surface area contributed by atoms with E-state index in [2.05, 4.69) is 49.9 Å². The first-order valence-electron chi connectivity index (χ1n) is 5.97. The minimum absolute atomic E-state index is 0.963. The number of phosphoric acid groups is 1. The van der Waals surface area contributed by atoms with Gasteiger partial charge in [-0.3, -0.25) is 4.57 Å². The highest BCUT2D eigenvalue weighted by molar-refractivity contribution is 7.45. The van der Waals surface area contributed by atoms with Gasteiger partial charge in [0, 0.05) is 14.2 Å². The Balaban J connectivity index is 0.000000246. The van der Waals surface area contributed by atoms with Crippen molar-refractivity contribution in [2.75, 3.05) is 14.2 Å². The Morgan fingerprint density at radius 3 is 2.25 bits per heavy atom. The number of rotatable bonds is 4. The van der Waals surface area contributed by atoms with E-state index < -0.39 is 7.82 Å².